The van der Waals surface area contributed by atoms with Gasteiger partial charge in [0.1, 0.15) is 12.3 Å². The molecular weight excluding hydrogens is 288 g/mol. The Labute approximate surface area is 135 Å². The van der Waals surface area contributed by atoms with E-state index in [0.717, 1.165) is 33.5 Å². The van der Waals surface area contributed by atoms with Gasteiger partial charge in [-0.25, -0.2) is 0 Å². The Balaban J connectivity index is 1.79. The van der Waals surface area contributed by atoms with Crippen molar-refractivity contribution in [3.63, 3.8) is 0 Å². The summed E-state index contributed by atoms with van der Waals surface area (Å²) in [6.45, 7) is 4.29. The zero-order valence-electron chi connectivity index (χ0n) is 13.6. The highest BCUT2D eigenvalue weighted by Gasteiger charge is 2.09. The molecule has 1 aromatic heterocycles. The average Bonchev–Trinajstić information content (AvgIpc) is 2.93. The number of fused-ring (bicyclic) bond motifs is 1. The van der Waals surface area contributed by atoms with Crippen LogP contribution in [0.25, 0.3) is 10.9 Å². The standard InChI is InChI=1S/C19H20N2O2/c1-13-4-5-14(2)17(10-13)20-19(22)12-21-9-8-15-11-16(23-3)6-7-18(15)21/h4-11H,12H2,1-3H3,(H,20,22). The largest absolute Gasteiger partial charge is 0.497 e. The average molecular weight is 308 g/mol. The Morgan fingerprint density at radius 2 is 1.96 bits per heavy atom. The van der Waals surface area contributed by atoms with E-state index in [1.165, 1.54) is 0 Å². The van der Waals surface area contributed by atoms with Gasteiger partial charge in [0, 0.05) is 22.8 Å². The van der Waals surface area contributed by atoms with E-state index in [4.69, 9.17) is 4.74 Å². The van der Waals surface area contributed by atoms with Crippen molar-refractivity contribution in [2.24, 2.45) is 0 Å². The minimum Gasteiger partial charge on any atom is -0.497 e. The van der Waals surface area contributed by atoms with Crippen molar-refractivity contribution in [1.29, 1.82) is 0 Å². The third kappa shape index (κ3) is 3.21. The monoisotopic (exact) mass is 308 g/mol. The molecule has 0 atom stereocenters. The fraction of sp³-hybridized carbons (Fsp3) is 0.211. The number of ether oxygens (including phenoxy) is 1. The molecular formula is C19H20N2O2. The molecule has 3 aromatic rings. The van der Waals surface area contributed by atoms with Crippen LogP contribution in [0.4, 0.5) is 5.69 Å². The van der Waals surface area contributed by atoms with Gasteiger partial charge >= 0.3 is 0 Å². The molecule has 23 heavy (non-hydrogen) atoms. The lowest BCUT2D eigenvalue weighted by Gasteiger charge is -2.11. The van der Waals surface area contributed by atoms with E-state index in [0.29, 0.717) is 0 Å². The lowest BCUT2D eigenvalue weighted by molar-refractivity contribution is -0.116. The number of carbonyl (C=O) groups excluding carboxylic acids is 1. The molecule has 0 aliphatic heterocycles. The van der Waals surface area contributed by atoms with Gasteiger partial charge in [-0.1, -0.05) is 12.1 Å². The number of amides is 1. The summed E-state index contributed by atoms with van der Waals surface area (Å²) in [5.41, 5.74) is 4.07. The Hall–Kier alpha value is -2.75. The predicted molar refractivity (Wildman–Crippen MR) is 93.0 cm³/mol. The zero-order chi connectivity index (χ0) is 16.4. The molecule has 4 heteroatoms. The van der Waals surface area contributed by atoms with Gasteiger partial charge < -0.3 is 14.6 Å². The summed E-state index contributed by atoms with van der Waals surface area (Å²) < 4.78 is 7.17. The number of hydrogen-bond donors (Lipinski definition) is 1. The van der Waals surface area contributed by atoms with Crippen molar-refractivity contribution in [2.45, 2.75) is 20.4 Å². The van der Waals surface area contributed by atoms with E-state index in [1.54, 1.807) is 7.11 Å². The molecule has 0 fully saturated rings. The van der Waals surface area contributed by atoms with Crippen LogP contribution in [0.5, 0.6) is 5.75 Å². The second-order valence-corrected chi connectivity index (χ2v) is 5.73. The Kier molecular flexibility index (Phi) is 4.06. The van der Waals surface area contributed by atoms with E-state index in [2.05, 4.69) is 5.32 Å². The lowest BCUT2D eigenvalue weighted by Crippen LogP contribution is -2.18. The first-order chi connectivity index (χ1) is 11.1. The van der Waals surface area contributed by atoms with Crippen LogP contribution in [0.1, 0.15) is 11.1 Å². The molecule has 1 heterocycles. The number of hydrogen-bond acceptors (Lipinski definition) is 2. The van der Waals surface area contributed by atoms with Gasteiger partial charge in [-0.15, -0.1) is 0 Å². The summed E-state index contributed by atoms with van der Waals surface area (Å²) in [6, 6.07) is 13.9. The number of methoxy groups -OCH3 is 1. The number of rotatable bonds is 4. The van der Waals surface area contributed by atoms with Crippen molar-refractivity contribution in [3.8, 4) is 5.75 Å². The second-order valence-electron chi connectivity index (χ2n) is 5.73. The topological polar surface area (TPSA) is 43.3 Å². The van der Waals surface area contributed by atoms with Gasteiger partial charge in [-0.3, -0.25) is 4.79 Å². The summed E-state index contributed by atoms with van der Waals surface area (Å²) in [5.74, 6) is 0.780. The Morgan fingerprint density at radius 3 is 2.74 bits per heavy atom. The van der Waals surface area contributed by atoms with E-state index in [1.807, 2.05) is 67.1 Å². The van der Waals surface area contributed by atoms with Gasteiger partial charge in [0.2, 0.25) is 5.91 Å². The Bertz CT molecular complexity index is 865. The summed E-state index contributed by atoms with van der Waals surface area (Å²) in [7, 11) is 1.65. The molecule has 0 unspecified atom stereocenters. The molecule has 0 bridgehead atoms. The fourth-order valence-electron chi connectivity index (χ4n) is 2.66. The molecule has 4 nitrogen and oxygen atoms in total. The third-order valence-electron chi connectivity index (χ3n) is 3.96. The number of benzene rings is 2. The van der Waals surface area contributed by atoms with Gasteiger partial charge in [-0.05, 0) is 55.3 Å². The van der Waals surface area contributed by atoms with Crippen molar-refractivity contribution in [2.75, 3.05) is 12.4 Å². The molecule has 0 aliphatic rings. The van der Waals surface area contributed by atoms with Crippen LogP contribution >= 0.6 is 0 Å². The molecule has 3 rings (SSSR count). The molecule has 1 N–H and O–H groups in total. The normalized spacial score (nSPS) is 10.7. The molecule has 0 saturated carbocycles. The number of aryl methyl sites for hydroxylation is 2. The minimum absolute atomic E-state index is 0.0352. The molecule has 0 saturated heterocycles. The van der Waals surface area contributed by atoms with Crippen LogP contribution in [0.15, 0.2) is 48.7 Å². The van der Waals surface area contributed by atoms with Crippen LogP contribution < -0.4 is 10.1 Å². The highest BCUT2D eigenvalue weighted by Crippen LogP contribution is 2.22. The van der Waals surface area contributed by atoms with Crippen molar-refractivity contribution in [1.82, 2.24) is 4.57 Å². The smallest absolute Gasteiger partial charge is 0.244 e. The number of aromatic nitrogens is 1. The van der Waals surface area contributed by atoms with E-state index < -0.39 is 0 Å². The van der Waals surface area contributed by atoms with Gasteiger partial charge in [-0.2, -0.15) is 0 Å². The van der Waals surface area contributed by atoms with E-state index >= 15 is 0 Å². The quantitative estimate of drug-likeness (QED) is 0.794. The SMILES string of the molecule is COc1ccc2c(ccn2CC(=O)Nc2cc(C)ccc2C)c1. The summed E-state index contributed by atoms with van der Waals surface area (Å²) in [4.78, 5) is 12.4. The number of nitrogens with zero attached hydrogens (tertiary/aromatic N) is 1. The van der Waals surface area contributed by atoms with Crippen LogP contribution in [-0.2, 0) is 11.3 Å². The number of carbonyl (C=O) groups is 1. The highest BCUT2D eigenvalue weighted by molar-refractivity contribution is 5.93. The first-order valence-corrected chi connectivity index (χ1v) is 7.57. The van der Waals surface area contributed by atoms with Crippen LogP contribution in [0.3, 0.4) is 0 Å². The predicted octanol–water partition coefficient (Wildman–Crippen LogP) is 3.91. The number of nitrogens with one attached hydrogen (secondary N) is 1. The molecule has 0 spiro atoms. The molecule has 118 valence electrons. The minimum atomic E-state index is -0.0352. The van der Waals surface area contributed by atoms with Crippen molar-refractivity contribution >= 4 is 22.5 Å². The van der Waals surface area contributed by atoms with Crippen molar-refractivity contribution in [3.05, 3.63) is 59.8 Å². The van der Waals surface area contributed by atoms with E-state index in [-0.39, 0.29) is 12.5 Å². The van der Waals surface area contributed by atoms with E-state index in [9.17, 15) is 4.79 Å². The first-order valence-electron chi connectivity index (χ1n) is 7.57. The summed E-state index contributed by atoms with van der Waals surface area (Å²) in [6.07, 6.45) is 1.92. The molecule has 0 radical (unpaired) electrons. The van der Waals surface area contributed by atoms with Crippen LogP contribution in [0.2, 0.25) is 0 Å². The molecule has 2 aromatic carbocycles. The summed E-state index contributed by atoms with van der Waals surface area (Å²) in [5, 5.41) is 4.05. The molecule has 0 aliphatic carbocycles. The van der Waals surface area contributed by atoms with Gasteiger partial charge in [0.05, 0.1) is 7.11 Å². The van der Waals surface area contributed by atoms with Gasteiger partial charge in [0.15, 0.2) is 0 Å². The van der Waals surface area contributed by atoms with Crippen molar-refractivity contribution < 1.29 is 9.53 Å². The highest BCUT2D eigenvalue weighted by atomic mass is 16.5. The second kappa shape index (κ2) is 6.16. The maximum atomic E-state index is 12.4. The third-order valence-corrected chi connectivity index (χ3v) is 3.96. The number of anilines is 1. The zero-order valence-corrected chi connectivity index (χ0v) is 13.6. The summed E-state index contributed by atoms with van der Waals surface area (Å²) >= 11 is 0. The van der Waals surface area contributed by atoms with Crippen LogP contribution in [-0.4, -0.2) is 17.6 Å². The Morgan fingerprint density at radius 1 is 1.13 bits per heavy atom. The van der Waals surface area contributed by atoms with Crippen LogP contribution in [0, 0.1) is 13.8 Å². The first kappa shape index (κ1) is 15.2. The van der Waals surface area contributed by atoms with Gasteiger partial charge in [0.25, 0.3) is 0 Å². The fourth-order valence-corrected chi connectivity index (χ4v) is 2.66. The lowest BCUT2D eigenvalue weighted by atomic mass is 10.1. The maximum Gasteiger partial charge on any atom is 0.244 e. The molecule has 1 amide bonds. The maximum absolute atomic E-state index is 12.4.